The van der Waals surface area contributed by atoms with E-state index in [9.17, 15) is 0 Å². The fourth-order valence-electron chi connectivity index (χ4n) is 26.8. The summed E-state index contributed by atoms with van der Waals surface area (Å²) in [7, 11) is 0. The Bertz CT molecular complexity index is 2240. The average molecular weight is 1220 g/mol. The molecule has 0 unspecified atom stereocenters. The summed E-state index contributed by atoms with van der Waals surface area (Å²) in [6.07, 6.45) is 51.6. The molecule has 24 atom stereocenters. The lowest BCUT2D eigenvalue weighted by atomic mass is 9.47. The van der Waals surface area contributed by atoms with Crippen molar-refractivity contribution in [1.29, 1.82) is 0 Å². The summed E-state index contributed by atoms with van der Waals surface area (Å²) in [6.45, 7) is 35.1. The van der Waals surface area contributed by atoms with Crippen LogP contribution in [0.4, 0.5) is 0 Å². The molecule has 0 aromatic heterocycles. The van der Waals surface area contributed by atoms with Gasteiger partial charge in [-0.25, -0.2) is 4.57 Å². The number of hydrogen-bond acceptors (Lipinski definition) is 4. The summed E-state index contributed by atoms with van der Waals surface area (Å²) < 4.78 is 31.4. The van der Waals surface area contributed by atoms with Crippen molar-refractivity contribution in [2.75, 3.05) is 0 Å². The molecule has 0 spiro atoms. The van der Waals surface area contributed by atoms with Crippen molar-refractivity contribution in [3.05, 3.63) is 34.9 Å². The third-order valence-electron chi connectivity index (χ3n) is 31.6. The van der Waals surface area contributed by atoms with Crippen molar-refractivity contribution in [3.63, 3.8) is 0 Å². The summed E-state index contributed by atoms with van der Waals surface area (Å²) in [4.78, 5) is 0. The van der Waals surface area contributed by atoms with Crippen molar-refractivity contribution < 1.29 is 13.6 Å². The topological polar surface area (TPSA) is 35.5 Å². The Morgan fingerprint density at radius 2 is 0.733 bits per heavy atom. The van der Waals surface area contributed by atoms with E-state index in [1.54, 1.807) is 28.1 Å². The second-order valence-corrected chi connectivity index (χ2v) is 41.4. The number of fused-ring (bicyclic) bond motifs is 15. The summed E-state index contributed by atoms with van der Waals surface area (Å²) in [6, 6.07) is 0. The van der Waals surface area contributed by atoms with Gasteiger partial charge in [-0.05, 0) is 304 Å². The van der Waals surface area contributed by atoms with Crippen LogP contribution in [0.25, 0.3) is 0 Å². The molecule has 0 bridgehead atoms. The van der Waals surface area contributed by atoms with Crippen LogP contribution < -0.4 is 0 Å². The minimum absolute atomic E-state index is 0.0259. The predicted molar refractivity (Wildman–Crippen MR) is 368 cm³/mol. The normalized spacial score (nSPS) is 46.9. The smallest absolute Gasteiger partial charge is 0.297 e. The molecule has 86 heavy (non-hydrogen) atoms. The van der Waals surface area contributed by atoms with Crippen molar-refractivity contribution in [3.8, 4) is 0 Å². The maximum absolute atomic E-state index is 16.5. The van der Waals surface area contributed by atoms with Crippen LogP contribution in [0, 0.1) is 139 Å². The van der Waals surface area contributed by atoms with Gasteiger partial charge in [0.05, 0.1) is 12.2 Å². The zero-order chi connectivity index (χ0) is 60.9. The van der Waals surface area contributed by atoms with Gasteiger partial charge in [0.1, 0.15) is 0 Å². The Morgan fingerprint density at radius 3 is 1.07 bits per heavy atom. The molecule has 0 aromatic rings. The van der Waals surface area contributed by atoms with E-state index in [0.29, 0.717) is 16.2 Å². The average Bonchev–Trinajstić information content (AvgIpc) is 1.41. The zero-order valence-corrected chi connectivity index (χ0v) is 60.5. The Labute approximate surface area is 535 Å². The van der Waals surface area contributed by atoms with Crippen LogP contribution >= 0.6 is 18.2 Å². The van der Waals surface area contributed by atoms with Gasteiger partial charge in [-0.15, -0.1) is 0 Å². The molecule has 488 valence electrons. The molecule has 0 aliphatic heterocycles. The van der Waals surface area contributed by atoms with Crippen LogP contribution in [0.5, 0.6) is 0 Å². The summed E-state index contributed by atoms with van der Waals surface area (Å²) in [5.41, 5.74) is 7.31. The summed E-state index contributed by atoms with van der Waals surface area (Å²) >= 11 is 1.73. The molecule has 12 rings (SSSR count). The predicted octanol–water partition coefficient (Wildman–Crippen LogP) is 25.1. The Kier molecular flexibility index (Phi) is 19.5. The lowest BCUT2D eigenvalue weighted by Crippen LogP contribution is -2.51. The number of allylic oxidation sites excluding steroid dienone is 4. The lowest BCUT2D eigenvalue weighted by Gasteiger charge is -2.59. The van der Waals surface area contributed by atoms with Crippen molar-refractivity contribution in [2.24, 2.45) is 139 Å². The standard InChI is InChI=1S/C81H135O3PS/c1-52(2)19-16-22-55(7)67-31-34-70-64-28-25-58-49-61(37-43-76(58,10)73(64)40-46-79(67,70)13)83-85(82,84-62-38-44-77(11)59(50-62)26-29-65-71-35-32-68(56(8)23-17-20-53(3)4)80(71,14)47-41-74(65)77)86-63-39-45-78(12)60(51-63)27-30-66-72-36-33-69(57(9)24-18-21-54(5)6)81(72,15)48-42-75(66)78/h25-27,52-57,61-75H,16-24,28-51H2,1-15H3/t55-,56-,57-,61+,62+,63+,64+,65+,66+,67-,68-,69-,70+,71+,72+,73+,74+,75+,76+,77+,78+,79-,80-,81-/m1/s1. The highest BCUT2D eigenvalue weighted by atomic mass is 32.7. The first-order valence-electron chi connectivity index (χ1n) is 38.6. The molecule has 5 heteroatoms. The first kappa shape index (κ1) is 65.8. The highest BCUT2D eigenvalue weighted by molar-refractivity contribution is 8.55. The van der Waals surface area contributed by atoms with Crippen molar-refractivity contribution in [2.45, 2.75) is 333 Å². The van der Waals surface area contributed by atoms with Gasteiger partial charge < -0.3 is 0 Å². The fraction of sp³-hybridized carbons (Fsp3) is 0.926. The van der Waals surface area contributed by atoms with Gasteiger partial charge in [-0.2, -0.15) is 0 Å². The van der Waals surface area contributed by atoms with Gasteiger partial charge in [0.2, 0.25) is 0 Å². The van der Waals surface area contributed by atoms with Crippen LogP contribution in [0.2, 0.25) is 0 Å². The number of rotatable bonds is 21. The molecular weight excluding hydrogens is 1080 g/mol. The molecule has 0 amide bonds. The van der Waals surface area contributed by atoms with Crippen LogP contribution in [0.3, 0.4) is 0 Å². The molecule has 12 aliphatic rings. The highest BCUT2D eigenvalue weighted by Gasteiger charge is 2.63. The highest BCUT2D eigenvalue weighted by Crippen LogP contribution is 2.75. The summed E-state index contributed by atoms with van der Waals surface area (Å²) in [5.74, 6) is 15.2. The molecule has 0 radical (unpaired) electrons. The van der Waals surface area contributed by atoms with Crippen molar-refractivity contribution in [1.82, 2.24) is 0 Å². The molecule has 9 saturated carbocycles. The Morgan fingerprint density at radius 1 is 0.407 bits per heavy atom. The maximum atomic E-state index is 16.5. The van der Waals surface area contributed by atoms with Crippen LogP contribution in [0.15, 0.2) is 34.9 Å². The van der Waals surface area contributed by atoms with Gasteiger partial charge in [0.15, 0.2) is 0 Å². The van der Waals surface area contributed by atoms with E-state index in [-0.39, 0.29) is 33.7 Å². The monoisotopic (exact) mass is 1220 g/mol. The van der Waals surface area contributed by atoms with Gasteiger partial charge in [-0.1, -0.05) is 197 Å². The van der Waals surface area contributed by atoms with Crippen LogP contribution in [-0.4, -0.2) is 17.5 Å². The third-order valence-corrected chi connectivity index (χ3v) is 35.9. The SMILES string of the molecule is CC(C)CCC[C@@H](C)[C@H]1CC[C@H]2[C@@H]3CC=C4C[C@@H](OP(=O)(O[C@H]5CC[C@@]6(C)C(=CC[C@H]7[C@@H]8CC[C@H]([C@H](C)CCCC(C)C)[C@@]8(C)CC[C@@H]76)C5)S[C@H]5CC[C@@]6(C)C(=CC[C@H]7[C@@H]8CC[C@H]([C@H](C)CCCC(C)C)[C@@]8(C)CC[C@@H]76)C5)CC[C@]4(C)[C@H]3CC[C@]12C. The molecule has 0 N–H and O–H groups in total. The second kappa shape index (κ2) is 25.5. The second-order valence-electron chi connectivity index (χ2n) is 37.2. The Hall–Kier alpha value is -0.280. The minimum Gasteiger partial charge on any atom is -0.297 e. The van der Waals surface area contributed by atoms with E-state index in [4.69, 9.17) is 9.05 Å². The quantitative estimate of drug-likeness (QED) is 0.0848. The van der Waals surface area contributed by atoms with Crippen LogP contribution in [-0.2, 0) is 13.6 Å². The first-order chi connectivity index (χ1) is 40.8. The lowest BCUT2D eigenvalue weighted by molar-refractivity contribution is -0.0590. The molecule has 0 saturated heterocycles. The largest absolute Gasteiger partial charge is 0.389 e. The Balaban J connectivity index is 0.749. The third kappa shape index (κ3) is 12.0. The minimum atomic E-state index is -3.55. The van der Waals surface area contributed by atoms with Gasteiger partial charge in [-0.3, -0.25) is 9.05 Å². The van der Waals surface area contributed by atoms with Gasteiger partial charge in [0.25, 0.3) is 0 Å². The summed E-state index contributed by atoms with van der Waals surface area (Å²) in [5, 5.41) is 0.287. The van der Waals surface area contributed by atoms with E-state index in [2.05, 4.69) is 122 Å². The molecule has 3 nitrogen and oxygen atoms in total. The molecule has 12 aliphatic carbocycles. The fourth-order valence-corrected chi connectivity index (χ4v) is 31.6. The van der Waals surface area contributed by atoms with E-state index in [1.165, 1.54) is 173 Å². The number of hydrogen-bond donors (Lipinski definition) is 0. The molecule has 9 fully saturated rings. The molecular formula is C81H135O3PS. The van der Waals surface area contributed by atoms with E-state index < -0.39 is 6.80 Å². The van der Waals surface area contributed by atoms with E-state index in [1.807, 2.05) is 0 Å². The van der Waals surface area contributed by atoms with Gasteiger partial charge in [0, 0.05) is 5.25 Å². The zero-order valence-electron chi connectivity index (χ0n) is 58.8. The van der Waals surface area contributed by atoms with E-state index >= 15 is 4.57 Å². The molecule has 0 aromatic carbocycles. The van der Waals surface area contributed by atoms with E-state index in [0.717, 1.165) is 145 Å². The van der Waals surface area contributed by atoms with Crippen LogP contribution in [0.1, 0.15) is 316 Å². The maximum Gasteiger partial charge on any atom is 0.389 e. The van der Waals surface area contributed by atoms with Crippen molar-refractivity contribution >= 4 is 18.2 Å². The molecule has 0 heterocycles. The van der Waals surface area contributed by atoms with Gasteiger partial charge >= 0.3 is 6.80 Å². The first-order valence-corrected chi connectivity index (χ1v) is 41.6.